The summed E-state index contributed by atoms with van der Waals surface area (Å²) in [6.45, 7) is 0.469. The Morgan fingerprint density at radius 2 is 1.75 bits per heavy atom. The Morgan fingerprint density at radius 3 is 2.50 bits per heavy atom. The van der Waals surface area contributed by atoms with Crippen molar-refractivity contribution in [3.8, 4) is 11.5 Å². The fourth-order valence-corrected chi connectivity index (χ4v) is 3.11. The summed E-state index contributed by atoms with van der Waals surface area (Å²) in [7, 11) is 5.62. The summed E-state index contributed by atoms with van der Waals surface area (Å²) in [5.74, 6) is 1.34. The lowest BCUT2D eigenvalue weighted by Crippen LogP contribution is -2.36. The monoisotopic (exact) mass is 378 g/mol. The fraction of sp³-hybridized carbons (Fsp3) is 0.261. The van der Waals surface area contributed by atoms with Crippen LogP contribution in [0.4, 0.5) is 0 Å². The molecule has 0 aromatic heterocycles. The second-order valence-corrected chi connectivity index (χ2v) is 6.86. The zero-order valence-electron chi connectivity index (χ0n) is 16.5. The minimum absolute atomic E-state index is 0.0173. The second kappa shape index (κ2) is 9.24. The summed E-state index contributed by atoms with van der Waals surface area (Å²) < 4.78 is 11.0. The zero-order chi connectivity index (χ0) is 19.9. The Bertz CT molecular complexity index is 940. The molecule has 0 bridgehead atoms. The van der Waals surface area contributed by atoms with E-state index >= 15 is 0 Å². The number of rotatable bonds is 8. The summed E-state index contributed by atoms with van der Waals surface area (Å²) >= 11 is 0. The minimum atomic E-state index is -0.150. The topological polar surface area (TPSA) is 50.8 Å². The molecule has 3 aromatic carbocycles. The number of hydrogen-bond acceptors (Lipinski definition) is 4. The molecule has 0 unspecified atom stereocenters. The van der Waals surface area contributed by atoms with Crippen LogP contribution < -0.4 is 14.8 Å². The number of benzene rings is 3. The third-order valence-corrected chi connectivity index (χ3v) is 4.69. The van der Waals surface area contributed by atoms with Gasteiger partial charge < -0.3 is 19.7 Å². The van der Waals surface area contributed by atoms with Gasteiger partial charge in [0.05, 0.1) is 13.2 Å². The van der Waals surface area contributed by atoms with E-state index in [-0.39, 0.29) is 18.6 Å². The summed E-state index contributed by atoms with van der Waals surface area (Å²) in [5, 5.41) is 5.19. The first-order valence-electron chi connectivity index (χ1n) is 9.25. The van der Waals surface area contributed by atoms with Crippen LogP contribution in [0.25, 0.3) is 10.8 Å². The Kier molecular flexibility index (Phi) is 6.50. The minimum Gasteiger partial charge on any atom is -0.497 e. The van der Waals surface area contributed by atoms with E-state index in [2.05, 4.69) is 10.2 Å². The summed E-state index contributed by atoms with van der Waals surface area (Å²) in [5.41, 5.74) is 1.08. The van der Waals surface area contributed by atoms with E-state index in [9.17, 15) is 4.79 Å². The smallest absolute Gasteiger partial charge is 0.258 e. The average molecular weight is 378 g/mol. The summed E-state index contributed by atoms with van der Waals surface area (Å²) in [6.07, 6.45) is 0. The van der Waals surface area contributed by atoms with Crippen LogP contribution in [0.1, 0.15) is 11.6 Å². The van der Waals surface area contributed by atoms with E-state index < -0.39 is 0 Å². The van der Waals surface area contributed by atoms with Crippen LogP contribution in [0.5, 0.6) is 11.5 Å². The Labute approximate surface area is 165 Å². The summed E-state index contributed by atoms with van der Waals surface area (Å²) in [4.78, 5) is 14.4. The highest BCUT2D eigenvalue weighted by Gasteiger charge is 2.16. The molecule has 0 aliphatic rings. The number of methoxy groups -OCH3 is 1. The maximum absolute atomic E-state index is 12.3. The molecule has 1 atom stereocenters. The number of amides is 1. The maximum Gasteiger partial charge on any atom is 0.258 e. The fourth-order valence-electron chi connectivity index (χ4n) is 3.11. The van der Waals surface area contributed by atoms with Crippen molar-refractivity contribution in [2.75, 3.05) is 34.4 Å². The molecule has 0 saturated heterocycles. The largest absolute Gasteiger partial charge is 0.497 e. The van der Waals surface area contributed by atoms with E-state index in [1.165, 1.54) is 0 Å². The third kappa shape index (κ3) is 5.02. The number of carbonyl (C=O) groups excluding carboxylic acids is 1. The molecule has 0 saturated carbocycles. The van der Waals surface area contributed by atoms with Crippen LogP contribution in [0, 0.1) is 0 Å². The van der Waals surface area contributed by atoms with Gasteiger partial charge in [-0.25, -0.2) is 0 Å². The number of nitrogens with zero attached hydrogens (tertiary/aromatic N) is 1. The van der Waals surface area contributed by atoms with Gasteiger partial charge in [0.2, 0.25) is 0 Å². The molecule has 28 heavy (non-hydrogen) atoms. The number of hydrogen-bond donors (Lipinski definition) is 1. The second-order valence-electron chi connectivity index (χ2n) is 6.86. The molecule has 3 aromatic rings. The molecule has 0 aliphatic heterocycles. The van der Waals surface area contributed by atoms with Gasteiger partial charge in [0, 0.05) is 6.54 Å². The molecular formula is C23H26N2O3. The van der Waals surface area contributed by atoms with E-state index in [1.807, 2.05) is 80.8 Å². The van der Waals surface area contributed by atoms with E-state index in [1.54, 1.807) is 7.11 Å². The van der Waals surface area contributed by atoms with Crippen molar-refractivity contribution in [1.29, 1.82) is 0 Å². The maximum atomic E-state index is 12.3. The first kappa shape index (κ1) is 19.7. The number of nitrogens with one attached hydrogen (secondary N) is 1. The van der Waals surface area contributed by atoms with Crippen LogP contribution in [0.2, 0.25) is 0 Å². The van der Waals surface area contributed by atoms with Crippen LogP contribution in [0.15, 0.2) is 66.7 Å². The number of carbonyl (C=O) groups is 1. The highest BCUT2D eigenvalue weighted by atomic mass is 16.5. The Balaban J connectivity index is 1.56. The quantitative estimate of drug-likeness (QED) is 0.650. The van der Waals surface area contributed by atoms with E-state index in [0.29, 0.717) is 12.3 Å². The van der Waals surface area contributed by atoms with Crippen LogP contribution in [-0.4, -0.2) is 45.2 Å². The lowest BCUT2D eigenvalue weighted by Gasteiger charge is -2.25. The van der Waals surface area contributed by atoms with Crippen LogP contribution in [-0.2, 0) is 4.79 Å². The SMILES string of the molecule is COc1cccc([C@H](CNC(=O)COc2ccc3ccccc3c2)N(C)C)c1. The first-order chi connectivity index (χ1) is 13.6. The standard InChI is InChI=1S/C23H26N2O3/c1-25(2)22(19-9-6-10-20(14-19)27-3)15-24-23(26)16-28-21-12-11-17-7-4-5-8-18(17)13-21/h4-14,22H,15-16H2,1-3H3,(H,24,26)/t22-/m0/s1. The van der Waals surface area contributed by atoms with E-state index in [0.717, 1.165) is 22.1 Å². The zero-order valence-corrected chi connectivity index (χ0v) is 16.5. The normalized spacial score (nSPS) is 12.0. The third-order valence-electron chi connectivity index (χ3n) is 4.69. The lowest BCUT2D eigenvalue weighted by atomic mass is 10.1. The molecule has 0 aliphatic carbocycles. The molecule has 146 valence electrons. The van der Waals surface area contributed by atoms with Gasteiger partial charge >= 0.3 is 0 Å². The predicted molar refractivity (Wildman–Crippen MR) is 112 cm³/mol. The predicted octanol–water partition coefficient (Wildman–Crippen LogP) is 3.65. The molecular weight excluding hydrogens is 352 g/mol. The van der Waals surface area contributed by atoms with Gasteiger partial charge in [0.25, 0.3) is 5.91 Å². The van der Waals surface area contributed by atoms with Crippen LogP contribution in [0.3, 0.4) is 0 Å². The molecule has 3 rings (SSSR count). The van der Waals surface area contributed by atoms with Crippen molar-refractivity contribution in [2.24, 2.45) is 0 Å². The molecule has 5 nitrogen and oxygen atoms in total. The van der Waals surface area contributed by atoms with Crippen LogP contribution >= 0.6 is 0 Å². The van der Waals surface area contributed by atoms with Crippen molar-refractivity contribution in [3.63, 3.8) is 0 Å². The number of fused-ring (bicyclic) bond motifs is 1. The highest BCUT2D eigenvalue weighted by molar-refractivity contribution is 5.84. The number of ether oxygens (including phenoxy) is 2. The summed E-state index contributed by atoms with van der Waals surface area (Å²) in [6, 6.07) is 21.8. The first-order valence-corrected chi connectivity index (χ1v) is 9.25. The van der Waals surface area contributed by atoms with Crippen molar-refractivity contribution in [1.82, 2.24) is 10.2 Å². The van der Waals surface area contributed by atoms with Gasteiger partial charge in [0.1, 0.15) is 11.5 Å². The van der Waals surface area contributed by atoms with Gasteiger partial charge in [-0.1, -0.05) is 42.5 Å². The van der Waals surface area contributed by atoms with Crippen molar-refractivity contribution in [2.45, 2.75) is 6.04 Å². The Hall–Kier alpha value is -3.05. The highest BCUT2D eigenvalue weighted by Crippen LogP contribution is 2.22. The molecule has 0 spiro atoms. The number of likely N-dealkylation sites (N-methyl/N-ethyl adjacent to an activating group) is 1. The van der Waals surface area contributed by atoms with E-state index in [4.69, 9.17) is 9.47 Å². The van der Waals surface area contributed by atoms with Crippen molar-refractivity contribution < 1.29 is 14.3 Å². The molecule has 5 heteroatoms. The molecule has 1 N–H and O–H groups in total. The molecule has 0 heterocycles. The van der Waals surface area contributed by atoms with Crippen molar-refractivity contribution in [3.05, 3.63) is 72.3 Å². The van der Waals surface area contributed by atoms with Gasteiger partial charge in [-0.2, -0.15) is 0 Å². The molecule has 0 radical (unpaired) electrons. The van der Waals surface area contributed by atoms with Crippen molar-refractivity contribution >= 4 is 16.7 Å². The van der Waals surface area contributed by atoms with Gasteiger partial charge in [-0.15, -0.1) is 0 Å². The molecule has 0 fully saturated rings. The Morgan fingerprint density at radius 1 is 0.964 bits per heavy atom. The van der Waals surface area contributed by atoms with Gasteiger partial charge in [-0.05, 0) is 54.7 Å². The molecule has 1 amide bonds. The van der Waals surface area contributed by atoms with Gasteiger partial charge in [-0.3, -0.25) is 4.79 Å². The lowest BCUT2D eigenvalue weighted by molar-refractivity contribution is -0.123. The van der Waals surface area contributed by atoms with Gasteiger partial charge in [0.15, 0.2) is 6.61 Å². The average Bonchev–Trinajstić information content (AvgIpc) is 2.72.